The van der Waals surface area contributed by atoms with Crippen LogP contribution >= 0.6 is 11.3 Å². The van der Waals surface area contributed by atoms with Crippen molar-refractivity contribution in [3.8, 4) is 5.69 Å². The van der Waals surface area contributed by atoms with Gasteiger partial charge in [0.1, 0.15) is 0 Å². The minimum atomic E-state index is -0.324. The number of carbonyl (C=O) groups excluding carboxylic acids is 2. The Labute approximate surface area is 198 Å². The number of nitrogens with one attached hydrogen (secondary N) is 1. The predicted octanol–water partition coefficient (Wildman–Crippen LogP) is 5.22. The number of benzene rings is 1. The van der Waals surface area contributed by atoms with Crippen molar-refractivity contribution in [2.45, 2.75) is 47.0 Å². The average Bonchev–Trinajstić information content (AvgIpc) is 3.34. The second-order valence-corrected chi connectivity index (χ2v) is 9.67. The summed E-state index contributed by atoms with van der Waals surface area (Å²) in [5, 5.41) is 4.21. The van der Waals surface area contributed by atoms with E-state index in [0.717, 1.165) is 40.4 Å². The van der Waals surface area contributed by atoms with Gasteiger partial charge in [0.25, 0.3) is 5.91 Å². The van der Waals surface area contributed by atoms with Gasteiger partial charge in [-0.15, -0.1) is 11.3 Å². The van der Waals surface area contributed by atoms with E-state index in [2.05, 4.69) is 22.0 Å². The Morgan fingerprint density at radius 2 is 2.00 bits per heavy atom. The van der Waals surface area contributed by atoms with Gasteiger partial charge in [0.15, 0.2) is 0 Å². The Balaban J connectivity index is 1.46. The molecular weight excluding hydrogens is 434 g/mol. The molecule has 1 aliphatic carbocycles. The van der Waals surface area contributed by atoms with Crippen LogP contribution in [0.15, 0.2) is 41.5 Å². The van der Waals surface area contributed by atoms with Gasteiger partial charge in [-0.2, -0.15) is 5.10 Å². The molecule has 2 aromatic heterocycles. The van der Waals surface area contributed by atoms with Crippen molar-refractivity contribution in [1.82, 2.24) is 9.99 Å². The van der Waals surface area contributed by atoms with E-state index in [9.17, 15) is 9.59 Å². The van der Waals surface area contributed by atoms with Crippen LogP contribution in [0.4, 0.5) is 0 Å². The molecule has 0 saturated carbocycles. The smallest absolute Gasteiger partial charge is 0.338 e. The lowest BCUT2D eigenvalue weighted by atomic mass is 9.90. The number of hydrazone groups is 1. The Morgan fingerprint density at radius 3 is 2.73 bits per heavy atom. The average molecular weight is 464 g/mol. The summed E-state index contributed by atoms with van der Waals surface area (Å²) in [6.07, 6.45) is 4.98. The third-order valence-corrected chi connectivity index (χ3v) is 7.27. The fourth-order valence-corrected chi connectivity index (χ4v) is 5.41. The van der Waals surface area contributed by atoms with Gasteiger partial charge in [-0.3, -0.25) is 4.79 Å². The Kier molecular flexibility index (Phi) is 6.79. The fraction of sp³-hybridized carbons (Fsp3) is 0.346. The highest BCUT2D eigenvalue weighted by Gasteiger charge is 2.20. The molecule has 0 bridgehead atoms. The Bertz CT molecular complexity index is 1200. The van der Waals surface area contributed by atoms with Crippen LogP contribution in [0.2, 0.25) is 0 Å². The van der Waals surface area contributed by atoms with Gasteiger partial charge in [0.05, 0.1) is 23.3 Å². The lowest BCUT2D eigenvalue weighted by Gasteiger charge is -2.16. The number of nitrogens with zero attached hydrogens (tertiary/aromatic N) is 2. The van der Waals surface area contributed by atoms with Crippen molar-refractivity contribution in [3.63, 3.8) is 0 Å². The first-order valence-electron chi connectivity index (χ1n) is 11.3. The summed E-state index contributed by atoms with van der Waals surface area (Å²) in [6, 6.07) is 11.4. The van der Waals surface area contributed by atoms with Crippen LogP contribution in [0.5, 0.6) is 0 Å². The van der Waals surface area contributed by atoms with E-state index in [1.165, 1.54) is 16.9 Å². The van der Waals surface area contributed by atoms with E-state index in [1.807, 2.05) is 38.1 Å². The summed E-state index contributed by atoms with van der Waals surface area (Å²) in [7, 11) is 0. The van der Waals surface area contributed by atoms with E-state index in [-0.39, 0.29) is 11.9 Å². The summed E-state index contributed by atoms with van der Waals surface area (Å²) in [4.78, 5) is 26.5. The molecule has 1 N–H and O–H groups in total. The molecule has 0 spiro atoms. The summed E-state index contributed by atoms with van der Waals surface area (Å²) < 4.78 is 7.14. The third kappa shape index (κ3) is 4.93. The highest BCUT2D eigenvalue weighted by molar-refractivity contribution is 7.14. The molecule has 4 rings (SSSR count). The minimum Gasteiger partial charge on any atom is -0.462 e. The van der Waals surface area contributed by atoms with Crippen molar-refractivity contribution in [2.75, 3.05) is 6.61 Å². The van der Waals surface area contributed by atoms with Gasteiger partial charge in [-0.05, 0) is 87.9 Å². The molecule has 1 amide bonds. The first kappa shape index (κ1) is 23.0. The number of aromatic nitrogens is 1. The van der Waals surface area contributed by atoms with Gasteiger partial charge in [-0.25, -0.2) is 10.2 Å². The molecule has 0 radical (unpaired) electrons. The molecule has 6 nitrogen and oxygen atoms in total. The number of fused-ring (bicyclic) bond motifs is 1. The maximum absolute atomic E-state index is 12.6. The zero-order valence-corrected chi connectivity index (χ0v) is 20.3. The lowest BCUT2D eigenvalue weighted by Crippen LogP contribution is -2.16. The first-order valence-corrected chi connectivity index (χ1v) is 12.1. The standard InChI is InChI=1S/C26H29N3O3S/c1-5-32-26(31)19-7-9-22(10-8-19)29-17(3)13-21(18(29)4)15-27-28-25(30)24-14-20-12-16(2)6-11-23(20)33-24/h7-10,13-16H,5-6,11-12H2,1-4H3,(H,28,30)/b27-15+. The van der Waals surface area contributed by atoms with E-state index in [1.54, 1.807) is 36.6 Å². The second kappa shape index (κ2) is 9.75. The topological polar surface area (TPSA) is 72.7 Å². The second-order valence-electron chi connectivity index (χ2n) is 8.54. The molecule has 0 fully saturated rings. The number of carbonyl (C=O) groups is 2. The van der Waals surface area contributed by atoms with Crippen LogP contribution < -0.4 is 5.43 Å². The van der Waals surface area contributed by atoms with Gasteiger partial charge in [-0.1, -0.05) is 6.92 Å². The van der Waals surface area contributed by atoms with Crippen LogP contribution in [0.1, 0.15) is 67.7 Å². The number of esters is 1. The van der Waals surface area contributed by atoms with E-state index < -0.39 is 0 Å². The molecule has 2 heterocycles. The number of hydrogen-bond donors (Lipinski definition) is 1. The number of amides is 1. The van der Waals surface area contributed by atoms with Gasteiger partial charge >= 0.3 is 5.97 Å². The molecular formula is C26H29N3O3S. The summed E-state index contributed by atoms with van der Waals surface area (Å²) in [6.45, 7) is 8.42. The van der Waals surface area contributed by atoms with Crippen molar-refractivity contribution in [2.24, 2.45) is 11.0 Å². The molecule has 1 aromatic carbocycles. The van der Waals surface area contributed by atoms with Crippen LogP contribution in [0.3, 0.4) is 0 Å². The molecule has 1 unspecified atom stereocenters. The lowest BCUT2D eigenvalue weighted by molar-refractivity contribution is 0.0526. The summed E-state index contributed by atoms with van der Waals surface area (Å²) in [5.41, 5.74) is 8.40. The zero-order valence-electron chi connectivity index (χ0n) is 19.5. The third-order valence-electron chi connectivity index (χ3n) is 6.03. The molecule has 3 aromatic rings. The van der Waals surface area contributed by atoms with Crippen molar-refractivity contribution < 1.29 is 14.3 Å². The highest BCUT2D eigenvalue weighted by Crippen LogP contribution is 2.32. The van der Waals surface area contributed by atoms with E-state index in [4.69, 9.17) is 4.74 Å². The molecule has 7 heteroatoms. The van der Waals surface area contributed by atoms with E-state index >= 15 is 0 Å². The van der Waals surface area contributed by atoms with Crippen LogP contribution in [0, 0.1) is 19.8 Å². The predicted molar refractivity (Wildman–Crippen MR) is 132 cm³/mol. The maximum Gasteiger partial charge on any atom is 0.338 e. The van der Waals surface area contributed by atoms with Crippen LogP contribution in [-0.2, 0) is 17.6 Å². The Morgan fingerprint density at radius 1 is 1.24 bits per heavy atom. The number of hydrogen-bond acceptors (Lipinski definition) is 5. The molecule has 33 heavy (non-hydrogen) atoms. The van der Waals surface area contributed by atoms with Crippen LogP contribution in [-0.4, -0.2) is 29.3 Å². The molecule has 1 atom stereocenters. The largest absolute Gasteiger partial charge is 0.462 e. The molecule has 0 saturated heterocycles. The summed E-state index contributed by atoms with van der Waals surface area (Å²) in [5.74, 6) is 0.189. The van der Waals surface area contributed by atoms with Crippen LogP contribution in [0.25, 0.3) is 5.69 Å². The van der Waals surface area contributed by atoms with Crippen molar-refractivity contribution in [3.05, 3.63) is 74.2 Å². The van der Waals surface area contributed by atoms with Crippen molar-refractivity contribution >= 4 is 29.4 Å². The van der Waals surface area contributed by atoms with E-state index in [0.29, 0.717) is 18.1 Å². The minimum absolute atomic E-state index is 0.165. The number of ether oxygens (including phenoxy) is 1. The highest BCUT2D eigenvalue weighted by atomic mass is 32.1. The molecule has 0 aliphatic heterocycles. The number of rotatable bonds is 6. The maximum atomic E-state index is 12.6. The molecule has 1 aliphatic rings. The number of aryl methyl sites for hydroxylation is 2. The van der Waals surface area contributed by atoms with Gasteiger partial charge < -0.3 is 9.30 Å². The van der Waals surface area contributed by atoms with Crippen molar-refractivity contribution in [1.29, 1.82) is 0 Å². The normalized spacial score (nSPS) is 15.5. The first-order chi connectivity index (χ1) is 15.9. The van der Waals surface area contributed by atoms with Gasteiger partial charge in [0, 0.05) is 27.5 Å². The monoisotopic (exact) mass is 463 g/mol. The SMILES string of the molecule is CCOC(=O)c1ccc(-n2c(C)cc(/C=N/NC(=O)c3cc4c(s3)CCC(C)C4)c2C)cc1. The zero-order chi connectivity index (χ0) is 23.5. The number of thiophene rings is 1. The van der Waals surface area contributed by atoms with Gasteiger partial charge in [0.2, 0.25) is 0 Å². The Hall–Kier alpha value is -3.19. The fourth-order valence-electron chi connectivity index (χ4n) is 4.31. The molecule has 172 valence electrons. The quantitative estimate of drug-likeness (QED) is 0.309. The summed E-state index contributed by atoms with van der Waals surface area (Å²) >= 11 is 1.58.